The highest BCUT2D eigenvalue weighted by molar-refractivity contribution is 9.10. The third-order valence-corrected chi connectivity index (χ3v) is 3.82. The summed E-state index contributed by atoms with van der Waals surface area (Å²) < 4.78 is 6.80. The molecule has 0 spiro atoms. The van der Waals surface area contributed by atoms with Gasteiger partial charge in [-0.15, -0.1) is 11.3 Å². The summed E-state index contributed by atoms with van der Waals surface area (Å²) in [6.45, 7) is 4.41. The average Bonchev–Trinajstić information content (AvgIpc) is 2.73. The summed E-state index contributed by atoms with van der Waals surface area (Å²) in [5, 5.41) is 3.07. The fourth-order valence-corrected chi connectivity index (χ4v) is 2.61. The molecule has 2 N–H and O–H groups in total. The predicted molar refractivity (Wildman–Crippen MR) is 77.9 cm³/mol. The van der Waals surface area contributed by atoms with Crippen LogP contribution in [-0.4, -0.2) is 4.98 Å². The molecule has 5 heteroatoms. The fraction of sp³-hybridized carbons (Fsp3) is 0.308. The first kappa shape index (κ1) is 13.5. The summed E-state index contributed by atoms with van der Waals surface area (Å²) in [6.07, 6.45) is 0. The van der Waals surface area contributed by atoms with Crippen molar-refractivity contribution in [3.05, 3.63) is 44.3 Å². The fourth-order valence-electron chi connectivity index (χ4n) is 1.63. The highest BCUT2D eigenvalue weighted by atomic mass is 79.9. The molecule has 0 saturated heterocycles. The van der Waals surface area contributed by atoms with Crippen LogP contribution in [0.15, 0.2) is 28.1 Å². The number of aryl methyl sites for hydroxylation is 1. The van der Waals surface area contributed by atoms with Crippen LogP contribution in [0.1, 0.15) is 29.2 Å². The lowest BCUT2D eigenvalue weighted by atomic mass is 10.1. The standard InChI is InChI=1S/C13H15BrN2OS/c1-8(15)12-5-10(14)3-4-13(12)17-6-11-7-18-9(2)16-11/h3-5,7-8H,6,15H2,1-2H3. The van der Waals surface area contributed by atoms with Crippen LogP contribution in [0.5, 0.6) is 5.75 Å². The number of hydrogen-bond acceptors (Lipinski definition) is 4. The summed E-state index contributed by atoms with van der Waals surface area (Å²) in [5.41, 5.74) is 7.89. The number of hydrogen-bond donors (Lipinski definition) is 1. The number of nitrogens with zero attached hydrogens (tertiary/aromatic N) is 1. The molecule has 96 valence electrons. The van der Waals surface area contributed by atoms with E-state index in [1.165, 1.54) is 0 Å². The molecule has 0 aliphatic rings. The van der Waals surface area contributed by atoms with Gasteiger partial charge in [0, 0.05) is 21.5 Å². The Morgan fingerprint density at radius 2 is 2.28 bits per heavy atom. The quantitative estimate of drug-likeness (QED) is 0.929. The Kier molecular flexibility index (Phi) is 4.37. The number of benzene rings is 1. The summed E-state index contributed by atoms with van der Waals surface area (Å²) in [6, 6.07) is 5.82. The molecule has 1 aromatic carbocycles. The van der Waals surface area contributed by atoms with Gasteiger partial charge < -0.3 is 10.5 Å². The molecular weight excluding hydrogens is 312 g/mol. The van der Waals surface area contributed by atoms with Crippen LogP contribution in [-0.2, 0) is 6.61 Å². The number of thiazole rings is 1. The number of aromatic nitrogens is 1. The molecule has 0 amide bonds. The van der Waals surface area contributed by atoms with Crippen LogP contribution in [0.4, 0.5) is 0 Å². The van der Waals surface area contributed by atoms with Gasteiger partial charge >= 0.3 is 0 Å². The van der Waals surface area contributed by atoms with E-state index in [0.29, 0.717) is 6.61 Å². The predicted octanol–water partition coefficient (Wildman–Crippen LogP) is 3.81. The van der Waals surface area contributed by atoms with Crippen molar-refractivity contribution >= 4 is 27.3 Å². The second-order valence-electron chi connectivity index (χ2n) is 4.12. The molecule has 1 atom stereocenters. The van der Waals surface area contributed by atoms with Crippen molar-refractivity contribution in [1.82, 2.24) is 4.98 Å². The Balaban J connectivity index is 2.13. The van der Waals surface area contributed by atoms with Gasteiger partial charge in [0.2, 0.25) is 0 Å². The monoisotopic (exact) mass is 326 g/mol. The number of nitrogens with two attached hydrogens (primary N) is 1. The van der Waals surface area contributed by atoms with E-state index >= 15 is 0 Å². The molecule has 2 rings (SSSR count). The first-order chi connectivity index (χ1) is 8.56. The smallest absolute Gasteiger partial charge is 0.131 e. The van der Waals surface area contributed by atoms with Crippen molar-refractivity contribution in [1.29, 1.82) is 0 Å². The lowest BCUT2D eigenvalue weighted by Gasteiger charge is -2.13. The maximum absolute atomic E-state index is 5.94. The zero-order valence-corrected chi connectivity index (χ0v) is 12.7. The minimum Gasteiger partial charge on any atom is -0.487 e. The van der Waals surface area contributed by atoms with Crippen LogP contribution in [0.2, 0.25) is 0 Å². The SMILES string of the molecule is Cc1nc(COc2ccc(Br)cc2C(C)N)cs1. The molecule has 0 radical (unpaired) electrons. The molecule has 3 nitrogen and oxygen atoms in total. The van der Waals surface area contributed by atoms with Gasteiger partial charge in [0.15, 0.2) is 0 Å². The topological polar surface area (TPSA) is 48.1 Å². The van der Waals surface area contributed by atoms with Crippen molar-refractivity contribution < 1.29 is 4.74 Å². The lowest BCUT2D eigenvalue weighted by Crippen LogP contribution is -2.08. The van der Waals surface area contributed by atoms with Crippen LogP contribution in [0, 0.1) is 6.92 Å². The van der Waals surface area contributed by atoms with E-state index < -0.39 is 0 Å². The Bertz CT molecular complexity index is 540. The Morgan fingerprint density at radius 1 is 1.50 bits per heavy atom. The molecule has 0 saturated carbocycles. The minimum absolute atomic E-state index is 0.0605. The normalized spacial score (nSPS) is 12.4. The van der Waals surface area contributed by atoms with Crippen molar-refractivity contribution in [2.24, 2.45) is 5.73 Å². The molecule has 0 aliphatic heterocycles. The van der Waals surface area contributed by atoms with Gasteiger partial charge in [0.1, 0.15) is 12.4 Å². The first-order valence-electron chi connectivity index (χ1n) is 5.65. The minimum atomic E-state index is -0.0605. The maximum atomic E-state index is 5.94. The Hall–Kier alpha value is -0.910. The lowest BCUT2D eigenvalue weighted by molar-refractivity contribution is 0.297. The summed E-state index contributed by atoms with van der Waals surface area (Å²) >= 11 is 5.07. The van der Waals surface area contributed by atoms with Gasteiger partial charge in [-0.2, -0.15) is 0 Å². The molecule has 0 aliphatic carbocycles. The van der Waals surface area contributed by atoms with Gasteiger partial charge in [-0.25, -0.2) is 4.98 Å². The number of halogens is 1. The van der Waals surface area contributed by atoms with Crippen LogP contribution < -0.4 is 10.5 Å². The van der Waals surface area contributed by atoms with E-state index in [4.69, 9.17) is 10.5 Å². The molecule has 2 aromatic rings. The number of ether oxygens (including phenoxy) is 1. The molecule has 1 aromatic heterocycles. The zero-order valence-electron chi connectivity index (χ0n) is 10.3. The summed E-state index contributed by atoms with van der Waals surface area (Å²) in [4.78, 5) is 4.37. The molecule has 0 fully saturated rings. The third-order valence-electron chi connectivity index (χ3n) is 2.50. The van der Waals surface area contributed by atoms with Crippen LogP contribution >= 0.6 is 27.3 Å². The highest BCUT2D eigenvalue weighted by Gasteiger charge is 2.09. The van der Waals surface area contributed by atoms with E-state index in [-0.39, 0.29) is 6.04 Å². The van der Waals surface area contributed by atoms with E-state index in [9.17, 15) is 0 Å². The van der Waals surface area contributed by atoms with E-state index in [0.717, 1.165) is 26.5 Å². The first-order valence-corrected chi connectivity index (χ1v) is 7.32. The summed E-state index contributed by atoms with van der Waals surface area (Å²) in [5.74, 6) is 0.818. The van der Waals surface area contributed by atoms with Crippen LogP contribution in [0.3, 0.4) is 0 Å². The molecule has 1 heterocycles. The van der Waals surface area contributed by atoms with Crippen LogP contribution in [0.25, 0.3) is 0 Å². The largest absolute Gasteiger partial charge is 0.487 e. The molecule has 0 bridgehead atoms. The highest BCUT2D eigenvalue weighted by Crippen LogP contribution is 2.28. The van der Waals surface area contributed by atoms with Gasteiger partial charge in [-0.1, -0.05) is 15.9 Å². The van der Waals surface area contributed by atoms with E-state index in [1.54, 1.807) is 11.3 Å². The van der Waals surface area contributed by atoms with Crippen molar-refractivity contribution in [3.8, 4) is 5.75 Å². The Labute approximate surface area is 119 Å². The second kappa shape index (κ2) is 5.82. The van der Waals surface area contributed by atoms with Crippen molar-refractivity contribution in [2.45, 2.75) is 26.5 Å². The van der Waals surface area contributed by atoms with Gasteiger partial charge in [0.05, 0.1) is 10.7 Å². The zero-order chi connectivity index (χ0) is 13.1. The number of rotatable bonds is 4. The molecule has 18 heavy (non-hydrogen) atoms. The molecular formula is C13H15BrN2OS. The summed E-state index contributed by atoms with van der Waals surface area (Å²) in [7, 11) is 0. The van der Waals surface area contributed by atoms with E-state index in [2.05, 4.69) is 20.9 Å². The Morgan fingerprint density at radius 3 is 2.89 bits per heavy atom. The third kappa shape index (κ3) is 3.31. The van der Waals surface area contributed by atoms with Gasteiger partial charge in [-0.3, -0.25) is 0 Å². The van der Waals surface area contributed by atoms with E-state index in [1.807, 2.05) is 37.4 Å². The van der Waals surface area contributed by atoms with Crippen molar-refractivity contribution in [2.75, 3.05) is 0 Å². The second-order valence-corrected chi connectivity index (χ2v) is 6.10. The van der Waals surface area contributed by atoms with Gasteiger partial charge in [0.25, 0.3) is 0 Å². The van der Waals surface area contributed by atoms with Gasteiger partial charge in [-0.05, 0) is 32.0 Å². The molecule has 1 unspecified atom stereocenters. The average molecular weight is 327 g/mol. The van der Waals surface area contributed by atoms with Crippen molar-refractivity contribution in [3.63, 3.8) is 0 Å². The maximum Gasteiger partial charge on any atom is 0.131 e.